The van der Waals surface area contributed by atoms with Crippen molar-refractivity contribution in [1.29, 1.82) is 0 Å². The van der Waals surface area contributed by atoms with Crippen LogP contribution in [0.4, 0.5) is 5.69 Å². The monoisotopic (exact) mass is 493 g/mol. The summed E-state index contributed by atoms with van der Waals surface area (Å²) in [5.41, 5.74) is 1.24. The maximum atomic E-state index is 11.8. The summed E-state index contributed by atoms with van der Waals surface area (Å²) in [5, 5.41) is 6.67. The van der Waals surface area contributed by atoms with Crippen molar-refractivity contribution in [3.05, 3.63) is 30.3 Å². The van der Waals surface area contributed by atoms with Gasteiger partial charge in [0.05, 0.1) is 5.75 Å². The summed E-state index contributed by atoms with van der Waals surface area (Å²) in [6.07, 6.45) is 1.78. The number of nitrogens with one attached hydrogen (secondary N) is 2. The van der Waals surface area contributed by atoms with Crippen LogP contribution < -0.4 is 15.5 Å². The number of halogens is 1. The van der Waals surface area contributed by atoms with E-state index in [1.807, 2.05) is 6.07 Å². The van der Waals surface area contributed by atoms with Crippen LogP contribution in [0, 0.1) is 0 Å². The third-order valence-corrected chi connectivity index (χ3v) is 6.69. The zero-order valence-electron chi connectivity index (χ0n) is 15.1. The van der Waals surface area contributed by atoms with Gasteiger partial charge >= 0.3 is 0 Å². The highest BCUT2D eigenvalue weighted by Gasteiger charge is 2.27. The van der Waals surface area contributed by atoms with E-state index in [0.717, 1.165) is 31.9 Å². The van der Waals surface area contributed by atoms with Crippen LogP contribution in [0.3, 0.4) is 0 Å². The Morgan fingerprint density at radius 3 is 2.69 bits per heavy atom. The lowest BCUT2D eigenvalue weighted by atomic mass is 10.3. The average molecular weight is 493 g/mol. The van der Waals surface area contributed by atoms with E-state index < -0.39 is 10.0 Å². The fraction of sp³-hybridized carbons (Fsp3) is 0.588. The smallest absolute Gasteiger partial charge is 0.214 e. The van der Waals surface area contributed by atoms with Crippen molar-refractivity contribution in [1.82, 2.24) is 14.9 Å². The number of guanidine groups is 1. The second kappa shape index (κ2) is 9.75. The lowest BCUT2D eigenvalue weighted by Gasteiger charge is -2.21. The SMILES string of the molecule is CN=C(NCCN1CCCS1(=O)=O)NC1CCN(c2ccccc2)C1.I. The summed E-state index contributed by atoms with van der Waals surface area (Å²) in [4.78, 5) is 6.62. The first-order valence-corrected chi connectivity index (χ1v) is 10.4. The van der Waals surface area contributed by atoms with Crippen LogP contribution in [0.25, 0.3) is 0 Å². The van der Waals surface area contributed by atoms with Gasteiger partial charge in [0.15, 0.2) is 5.96 Å². The lowest BCUT2D eigenvalue weighted by molar-refractivity contribution is 0.444. The number of hydrogen-bond acceptors (Lipinski definition) is 4. The number of rotatable bonds is 5. The Morgan fingerprint density at radius 1 is 1.27 bits per heavy atom. The first-order valence-electron chi connectivity index (χ1n) is 8.83. The molecule has 9 heteroatoms. The Morgan fingerprint density at radius 2 is 2.04 bits per heavy atom. The quantitative estimate of drug-likeness (QED) is 0.365. The Hall–Kier alpha value is -1.07. The van der Waals surface area contributed by atoms with Gasteiger partial charge in [0.1, 0.15) is 0 Å². The highest BCUT2D eigenvalue weighted by Crippen LogP contribution is 2.19. The average Bonchev–Trinajstić information content (AvgIpc) is 3.21. The minimum atomic E-state index is -3.03. The summed E-state index contributed by atoms with van der Waals surface area (Å²) in [6.45, 7) is 3.64. The van der Waals surface area contributed by atoms with Crippen LogP contribution >= 0.6 is 24.0 Å². The molecule has 0 saturated carbocycles. The standard InChI is InChI=1S/C17H27N5O2S.HI/c1-18-17(19-9-12-22-10-5-13-25(22,23)24)20-15-8-11-21(14-15)16-6-3-2-4-7-16;/h2-4,6-7,15H,5,8-14H2,1H3,(H2,18,19,20);1H. The van der Waals surface area contributed by atoms with Crippen LogP contribution in [0.15, 0.2) is 35.3 Å². The van der Waals surface area contributed by atoms with Gasteiger partial charge in [0, 0.05) is 51.5 Å². The molecule has 0 spiro atoms. The third kappa shape index (κ3) is 5.46. The lowest BCUT2D eigenvalue weighted by Crippen LogP contribution is -2.46. The first-order chi connectivity index (χ1) is 12.1. The molecule has 1 aromatic carbocycles. The maximum Gasteiger partial charge on any atom is 0.214 e. The second-order valence-electron chi connectivity index (χ2n) is 6.48. The number of sulfonamides is 1. The van der Waals surface area contributed by atoms with Crippen LogP contribution in [0.5, 0.6) is 0 Å². The molecule has 0 bridgehead atoms. The van der Waals surface area contributed by atoms with Gasteiger partial charge in [-0.1, -0.05) is 18.2 Å². The Kier molecular flexibility index (Phi) is 7.96. The van der Waals surface area contributed by atoms with Gasteiger partial charge in [-0.25, -0.2) is 12.7 Å². The molecule has 1 aromatic rings. The number of nitrogens with zero attached hydrogens (tertiary/aromatic N) is 3. The van der Waals surface area contributed by atoms with Gasteiger partial charge in [0.25, 0.3) is 0 Å². The molecule has 0 aromatic heterocycles. The third-order valence-electron chi connectivity index (χ3n) is 4.73. The zero-order valence-corrected chi connectivity index (χ0v) is 18.2. The summed E-state index contributed by atoms with van der Waals surface area (Å²) < 4.78 is 25.2. The first kappa shape index (κ1) is 21.2. The topological polar surface area (TPSA) is 77.0 Å². The summed E-state index contributed by atoms with van der Waals surface area (Å²) in [6, 6.07) is 10.7. The largest absolute Gasteiger partial charge is 0.369 e. The fourth-order valence-corrected chi connectivity index (χ4v) is 4.91. The molecule has 0 radical (unpaired) electrons. The normalized spacial score (nSPS) is 22.9. The van der Waals surface area contributed by atoms with Crippen LogP contribution in [0.1, 0.15) is 12.8 Å². The van der Waals surface area contributed by atoms with Crippen molar-refractivity contribution in [2.75, 3.05) is 50.4 Å². The van der Waals surface area contributed by atoms with Crippen molar-refractivity contribution in [3.63, 3.8) is 0 Å². The summed E-state index contributed by atoms with van der Waals surface area (Å²) >= 11 is 0. The number of para-hydroxylation sites is 1. The van der Waals surface area contributed by atoms with Crippen LogP contribution in [-0.4, -0.2) is 70.2 Å². The summed E-state index contributed by atoms with van der Waals surface area (Å²) in [5.74, 6) is 1.01. The Labute approximate surface area is 173 Å². The van der Waals surface area contributed by atoms with Crippen molar-refractivity contribution in [2.45, 2.75) is 18.9 Å². The van der Waals surface area contributed by atoms with Crippen LogP contribution in [-0.2, 0) is 10.0 Å². The van der Waals surface area contributed by atoms with E-state index in [9.17, 15) is 8.42 Å². The number of benzene rings is 1. The van der Waals surface area contributed by atoms with Crippen molar-refractivity contribution in [2.24, 2.45) is 4.99 Å². The molecule has 3 rings (SSSR count). The van der Waals surface area contributed by atoms with Crippen LogP contribution in [0.2, 0.25) is 0 Å². The molecule has 0 amide bonds. The number of anilines is 1. The molecule has 2 fully saturated rings. The predicted molar refractivity (Wildman–Crippen MR) is 117 cm³/mol. The predicted octanol–water partition coefficient (Wildman–Crippen LogP) is 1.08. The van der Waals surface area contributed by atoms with E-state index in [0.29, 0.717) is 25.7 Å². The molecular weight excluding hydrogens is 465 g/mol. The molecule has 2 heterocycles. The summed E-state index contributed by atoms with van der Waals surface area (Å²) in [7, 11) is -1.28. The molecule has 2 saturated heterocycles. The maximum absolute atomic E-state index is 11.8. The molecule has 0 aliphatic carbocycles. The van der Waals surface area contributed by atoms with Crippen molar-refractivity contribution < 1.29 is 8.42 Å². The van der Waals surface area contributed by atoms with Gasteiger partial charge in [-0.05, 0) is 25.0 Å². The molecule has 26 heavy (non-hydrogen) atoms. The van der Waals surface area contributed by atoms with Gasteiger partial charge < -0.3 is 15.5 Å². The molecule has 1 unspecified atom stereocenters. The van der Waals surface area contributed by atoms with Gasteiger partial charge in [-0.15, -0.1) is 24.0 Å². The van der Waals surface area contributed by atoms with Gasteiger partial charge in [-0.2, -0.15) is 0 Å². The second-order valence-corrected chi connectivity index (χ2v) is 8.57. The Bertz CT molecular complexity index is 698. The van der Waals surface area contributed by atoms with E-state index in [2.05, 4.69) is 44.8 Å². The zero-order chi connectivity index (χ0) is 17.7. The minimum absolute atomic E-state index is 0. The van der Waals surface area contributed by atoms with E-state index >= 15 is 0 Å². The van der Waals surface area contributed by atoms with Gasteiger partial charge in [-0.3, -0.25) is 4.99 Å². The van der Waals surface area contributed by atoms with E-state index in [1.54, 1.807) is 11.4 Å². The van der Waals surface area contributed by atoms with E-state index in [4.69, 9.17) is 0 Å². The van der Waals surface area contributed by atoms with Crippen molar-refractivity contribution in [3.8, 4) is 0 Å². The number of aliphatic imine (C=N–C) groups is 1. The molecule has 2 aliphatic heterocycles. The minimum Gasteiger partial charge on any atom is -0.369 e. The molecule has 146 valence electrons. The highest BCUT2D eigenvalue weighted by molar-refractivity contribution is 14.0. The molecule has 2 aliphatic rings. The van der Waals surface area contributed by atoms with E-state index in [1.165, 1.54) is 5.69 Å². The number of hydrogen-bond donors (Lipinski definition) is 2. The van der Waals surface area contributed by atoms with Crippen molar-refractivity contribution >= 4 is 45.6 Å². The van der Waals surface area contributed by atoms with Gasteiger partial charge in [0.2, 0.25) is 10.0 Å². The fourth-order valence-electron chi connectivity index (χ4n) is 3.38. The highest BCUT2D eigenvalue weighted by atomic mass is 127. The molecule has 1 atom stereocenters. The van der Waals surface area contributed by atoms with E-state index in [-0.39, 0.29) is 29.7 Å². The molecule has 7 nitrogen and oxygen atoms in total. The Balaban J connectivity index is 0.00000243. The molecule has 2 N–H and O–H groups in total. The molecular formula is C17H28IN5O2S.